The molecule has 0 aliphatic rings. The lowest BCUT2D eigenvalue weighted by Crippen LogP contribution is -2.36. The van der Waals surface area contributed by atoms with Crippen LogP contribution in [0.15, 0.2) is 17.2 Å². The Labute approximate surface area is 74.6 Å². The van der Waals surface area contributed by atoms with E-state index in [2.05, 4.69) is 4.98 Å². The topological polar surface area (TPSA) is 81.2 Å². The van der Waals surface area contributed by atoms with Gasteiger partial charge in [-0.25, -0.2) is 9.66 Å². The van der Waals surface area contributed by atoms with Crippen molar-refractivity contribution in [1.82, 2.24) is 9.66 Å². The van der Waals surface area contributed by atoms with Crippen LogP contribution in [-0.4, -0.2) is 29.7 Å². The summed E-state index contributed by atoms with van der Waals surface area (Å²) in [5, 5.41) is 1.54. The van der Waals surface area contributed by atoms with Gasteiger partial charge in [-0.05, 0) is 0 Å². The second-order valence-electron chi connectivity index (χ2n) is 2.67. The molecular weight excluding hydrogens is 172 g/mol. The Hall–Kier alpha value is -1.85. The lowest BCUT2D eigenvalue weighted by Gasteiger charge is -2.14. The molecule has 0 spiro atoms. The number of rotatable bonds is 2. The van der Waals surface area contributed by atoms with Gasteiger partial charge < -0.3 is 10.7 Å². The van der Waals surface area contributed by atoms with Gasteiger partial charge in [0, 0.05) is 20.2 Å². The van der Waals surface area contributed by atoms with Crippen molar-refractivity contribution < 1.29 is 4.79 Å². The quantitative estimate of drug-likeness (QED) is 0.606. The smallest absolute Gasteiger partial charge is 0.272 e. The van der Waals surface area contributed by atoms with Crippen LogP contribution in [0.3, 0.4) is 0 Å². The Balaban J connectivity index is 3.21. The molecule has 70 valence electrons. The zero-order valence-electron chi connectivity index (χ0n) is 7.39. The highest BCUT2D eigenvalue weighted by Gasteiger charge is 2.04. The van der Waals surface area contributed by atoms with Gasteiger partial charge in [-0.15, -0.1) is 0 Å². The second kappa shape index (κ2) is 3.26. The number of carbonyl (C=O) groups excluding carboxylic acids is 1. The molecule has 0 fully saturated rings. The Kier molecular flexibility index (Phi) is 2.32. The van der Waals surface area contributed by atoms with Crippen LogP contribution in [0.25, 0.3) is 0 Å². The van der Waals surface area contributed by atoms with Crippen molar-refractivity contribution in [3.63, 3.8) is 0 Å². The predicted molar refractivity (Wildman–Crippen MR) is 47.1 cm³/mol. The highest BCUT2D eigenvalue weighted by Crippen LogP contribution is 1.86. The number of aromatic nitrogens is 2. The molecule has 0 saturated carbocycles. The number of primary amides is 1. The van der Waals surface area contributed by atoms with Gasteiger partial charge in [0.25, 0.3) is 11.5 Å². The van der Waals surface area contributed by atoms with Gasteiger partial charge in [0.05, 0.1) is 0 Å². The highest BCUT2D eigenvalue weighted by atomic mass is 16.1. The van der Waals surface area contributed by atoms with E-state index in [1.807, 2.05) is 0 Å². The van der Waals surface area contributed by atoms with Crippen LogP contribution in [0.5, 0.6) is 0 Å². The maximum atomic E-state index is 11.3. The predicted octanol–water partition coefficient (Wildman–Crippen LogP) is -1.46. The van der Waals surface area contributed by atoms with Gasteiger partial charge in [-0.2, -0.15) is 0 Å². The largest absolute Gasteiger partial charge is 0.364 e. The zero-order valence-corrected chi connectivity index (χ0v) is 7.39. The number of hydrogen-bond acceptors (Lipinski definition) is 4. The molecule has 1 aromatic rings. The Morgan fingerprint density at radius 2 is 2.23 bits per heavy atom. The van der Waals surface area contributed by atoms with Gasteiger partial charge in [0.2, 0.25) is 0 Å². The molecular formula is C7H10N4O2. The molecule has 6 nitrogen and oxygen atoms in total. The lowest BCUT2D eigenvalue weighted by atomic mass is 10.4. The van der Waals surface area contributed by atoms with Gasteiger partial charge in [0.1, 0.15) is 12.0 Å². The Bertz CT molecular complexity index is 382. The molecule has 0 radical (unpaired) electrons. The van der Waals surface area contributed by atoms with Crippen molar-refractivity contribution in [2.75, 3.05) is 19.1 Å². The maximum Gasteiger partial charge on any atom is 0.272 e. The highest BCUT2D eigenvalue weighted by molar-refractivity contribution is 5.90. The fourth-order valence-electron chi connectivity index (χ4n) is 0.829. The van der Waals surface area contributed by atoms with Crippen LogP contribution in [-0.2, 0) is 0 Å². The van der Waals surface area contributed by atoms with E-state index in [-0.39, 0.29) is 11.3 Å². The third-order valence-corrected chi connectivity index (χ3v) is 1.48. The van der Waals surface area contributed by atoms with E-state index in [0.717, 1.165) is 6.07 Å². The van der Waals surface area contributed by atoms with Gasteiger partial charge in [0.15, 0.2) is 0 Å². The summed E-state index contributed by atoms with van der Waals surface area (Å²) in [6, 6.07) is 1.10. The summed E-state index contributed by atoms with van der Waals surface area (Å²) in [4.78, 5) is 25.6. The standard InChI is InChI=1S/C7H10N4O2/c1-10(2)11-4-9-5(7(8)13)3-6(11)12/h3-4H,1-2H3,(H2,8,13). The molecule has 0 unspecified atom stereocenters. The van der Waals surface area contributed by atoms with Crippen LogP contribution < -0.4 is 16.3 Å². The van der Waals surface area contributed by atoms with Crippen molar-refractivity contribution in [1.29, 1.82) is 0 Å². The number of carbonyl (C=O) groups is 1. The van der Waals surface area contributed by atoms with Crippen molar-refractivity contribution >= 4 is 5.91 Å². The van der Waals surface area contributed by atoms with Crippen molar-refractivity contribution in [3.8, 4) is 0 Å². The lowest BCUT2D eigenvalue weighted by molar-refractivity contribution is 0.0995. The zero-order chi connectivity index (χ0) is 10.0. The van der Waals surface area contributed by atoms with E-state index in [0.29, 0.717) is 0 Å². The van der Waals surface area contributed by atoms with Crippen molar-refractivity contribution in [3.05, 3.63) is 28.4 Å². The third kappa shape index (κ3) is 1.84. The van der Waals surface area contributed by atoms with Gasteiger partial charge in [-0.1, -0.05) is 0 Å². The van der Waals surface area contributed by atoms with Crippen LogP contribution in [0.4, 0.5) is 0 Å². The monoisotopic (exact) mass is 182 g/mol. The molecule has 0 saturated heterocycles. The van der Waals surface area contributed by atoms with E-state index < -0.39 is 5.91 Å². The van der Waals surface area contributed by atoms with Crippen molar-refractivity contribution in [2.45, 2.75) is 0 Å². The molecule has 1 heterocycles. The van der Waals surface area contributed by atoms with E-state index >= 15 is 0 Å². The minimum Gasteiger partial charge on any atom is -0.364 e. The molecule has 1 amide bonds. The minimum atomic E-state index is -0.706. The molecule has 2 N–H and O–H groups in total. The van der Waals surface area contributed by atoms with E-state index in [1.54, 1.807) is 19.1 Å². The summed E-state index contributed by atoms with van der Waals surface area (Å²) >= 11 is 0. The minimum absolute atomic E-state index is 0.0249. The SMILES string of the molecule is CN(C)n1cnc(C(N)=O)cc1=O. The number of hydrogen-bond donors (Lipinski definition) is 1. The van der Waals surface area contributed by atoms with Gasteiger partial charge >= 0.3 is 0 Å². The Morgan fingerprint density at radius 3 is 2.62 bits per heavy atom. The molecule has 1 aromatic heterocycles. The average molecular weight is 182 g/mol. The molecule has 0 aliphatic heterocycles. The van der Waals surface area contributed by atoms with E-state index in [9.17, 15) is 9.59 Å². The summed E-state index contributed by atoms with van der Waals surface area (Å²) < 4.78 is 1.26. The first-order chi connectivity index (χ1) is 6.02. The second-order valence-corrected chi connectivity index (χ2v) is 2.67. The molecule has 6 heteroatoms. The van der Waals surface area contributed by atoms with Crippen LogP contribution in [0.1, 0.15) is 10.5 Å². The average Bonchev–Trinajstić information content (AvgIpc) is 2.03. The summed E-state index contributed by atoms with van der Waals surface area (Å²) in [5.74, 6) is -0.706. The number of nitrogens with zero attached hydrogens (tertiary/aromatic N) is 3. The first kappa shape index (κ1) is 9.24. The normalized spacial score (nSPS) is 9.69. The fraction of sp³-hybridized carbons (Fsp3) is 0.286. The van der Waals surface area contributed by atoms with Crippen LogP contribution in [0, 0.1) is 0 Å². The molecule has 0 aliphatic carbocycles. The van der Waals surface area contributed by atoms with E-state index in [4.69, 9.17) is 5.73 Å². The van der Waals surface area contributed by atoms with E-state index in [1.165, 1.54) is 11.0 Å². The van der Waals surface area contributed by atoms with Gasteiger partial charge in [-0.3, -0.25) is 9.59 Å². The summed E-state index contributed by atoms with van der Waals surface area (Å²) in [5.41, 5.74) is 4.58. The Morgan fingerprint density at radius 1 is 1.62 bits per heavy atom. The van der Waals surface area contributed by atoms with Crippen LogP contribution in [0.2, 0.25) is 0 Å². The first-order valence-corrected chi connectivity index (χ1v) is 3.58. The molecule has 0 aromatic carbocycles. The van der Waals surface area contributed by atoms with Crippen molar-refractivity contribution in [2.24, 2.45) is 5.73 Å². The number of amides is 1. The molecule has 0 atom stereocenters. The summed E-state index contributed by atoms with van der Waals surface area (Å²) in [6.07, 6.45) is 1.25. The summed E-state index contributed by atoms with van der Waals surface area (Å²) in [7, 11) is 3.38. The first-order valence-electron chi connectivity index (χ1n) is 3.58. The molecule has 1 rings (SSSR count). The molecule has 0 bridgehead atoms. The fourth-order valence-corrected chi connectivity index (χ4v) is 0.829. The van der Waals surface area contributed by atoms with Crippen LogP contribution >= 0.6 is 0 Å². The molecule has 13 heavy (non-hydrogen) atoms. The maximum absolute atomic E-state index is 11.3. The number of nitrogens with two attached hydrogens (primary N) is 1. The summed E-state index contributed by atoms with van der Waals surface area (Å²) in [6.45, 7) is 0. The third-order valence-electron chi connectivity index (χ3n) is 1.48.